The first-order valence-corrected chi connectivity index (χ1v) is 14.3. The Kier molecular flexibility index (Phi) is 11.8. The average Bonchev–Trinajstić information content (AvgIpc) is 2.82. The Bertz CT molecular complexity index is 1080. The maximum atomic E-state index is 4.50. The zero-order valence-electron chi connectivity index (χ0n) is 25.0. The van der Waals surface area contributed by atoms with Crippen LogP contribution in [0.3, 0.4) is 0 Å². The topological polar surface area (TPSA) is 24.1 Å². The smallest absolute Gasteiger partial charge is 0.0934 e. The number of aryl methyl sites for hydroxylation is 3. The molecule has 0 spiro atoms. The molecule has 2 heteroatoms. The molecule has 2 rings (SSSR count). The molecule has 0 aromatic heterocycles. The van der Waals surface area contributed by atoms with Crippen molar-refractivity contribution in [3.63, 3.8) is 0 Å². The largest absolute Gasteiger partial charge is 0.366 e. The van der Waals surface area contributed by atoms with Gasteiger partial charge >= 0.3 is 0 Å². The van der Waals surface area contributed by atoms with E-state index in [4.69, 9.17) is 0 Å². The van der Waals surface area contributed by atoms with Crippen LogP contribution in [0.4, 0.5) is 5.69 Å². The summed E-state index contributed by atoms with van der Waals surface area (Å²) in [4.78, 5) is 0. The number of hydrogen-bond donors (Lipinski definition) is 2. The van der Waals surface area contributed by atoms with Crippen LogP contribution in [0.2, 0.25) is 0 Å². The molecule has 0 heterocycles. The monoisotopic (exact) mass is 500 g/mol. The number of rotatable bonds is 14. The molecule has 0 saturated heterocycles. The predicted octanol–water partition coefficient (Wildman–Crippen LogP) is 9.79. The van der Waals surface area contributed by atoms with Gasteiger partial charge in [-0.3, -0.25) is 0 Å². The summed E-state index contributed by atoms with van der Waals surface area (Å²) in [6.07, 6.45) is 10.2. The summed E-state index contributed by atoms with van der Waals surface area (Å²) in [5, 5.41) is 7.08. The number of allylic oxidation sites excluding steroid dienone is 3. The van der Waals surface area contributed by atoms with E-state index < -0.39 is 0 Å². The van der Waals surface area contributed by atoms with Gasteiger partial charge in [0.05, 0.1) is 6.17 Å². The fraction of sp³-hybridized carbons (Fsp3) is 0.486. The Morgan fingerprint density at radius 2 is 1.73 bits per heavy atom. The maximum absolute atomic E-state index is 4.50. The maximum Gasteiger partial charge on any atom is 0.0934 e. The molecule has 0 aliphatic carbocycles. The number of unbranched alkanes of at least 4 members (excludes halogenated alkanes) is 2. The lowest BCUT2D eigenvalue weighted by atomic mass is 9.84. The third kappa shape index (κ3) is 9.58. The second-order valence-electron chi connectivity index (χ2n) is 11.5. The molecule has 2 N–H and O–H groups in total. The predicted molar refractivity (Wildman–Crippen MR) is 166 cm³/mol. The van der Waals surface area contributed by atoms with E-state index in [1.165, 1.54) is 64.6 Å². The molecule has 202 valence electrons. The molecule has 0 amide bonds. The van der Waals surface area contributed by atoms with Crippen molar-refractivity contribution in [2.24, 2.45) is 5.41 Å². The summed E-state index contributed by atoms with van der Waals surface area (Å²) in [5.41, 5.74) is 11.7. The molecule has 2 aromatic carbocycles. The van der Waals surface area contributed by atoms with Crippen LogP contribution in [0, 0.1) is 12.3 Å². The van der Waals surface area contributed by atoms with Crippen LogP contribution in [0.1, 0.15) is 102 Å². The molecule has 37 heavy (non-hydrogen) atoms. The Morgan fingerprint density at radius 3 is 2.35 bits per heavy atom. The SMILES string of the molecule is C=C(/C=C(\CC)C(C)(C)C)NC(C)Nc1cccc(CC(=C)c2cc(CC)c(CCCCC)cc2C)c1. The lowest BCUT2D eigenvalue weighted by molar-refractivity contribution is 0.486. The van der Waals surface area contributed by atoms with Crippen LogP contribution in [0.5, 0.6) is 0 Å². The van der Waals surface area contributed by atoms with Crippen molar-refractivity contribution in [3.8, 4) is 0 Å². The van der Waals surface area contributed by atoms with Crippen molar-refractivity contribution in [1.29, 1.82) is 0 Å². The molecule has 0 saturated carbocycles. The van der Waals surface area contributed by atoms with E-state index in [9.17, 15) is 0 Å². The lowest BCUT2D eigenvalue weighted by Crippen LogP contribution is -2.32. The highest BCUT2D eigenvalue weighted by atomic mass is 15.1. The molecular weight excluding hydrogens is 448 g/mol. The van der Waals surface area contributed by atoms with Crippen LogP contribution in [0.25, 0.3) is 5.57 Å². The third-order valence-electron chi connectivity index (χ3n) is 7.18. The van der Waals surface area contributed by atoms with Crippen LogP contribution in [-0.2, 0) is 19.3 Å². The van der Waals surface area contributed by atoms with Gasteiger partial charge in [0.2, 0.25) is 0 Å². The number of benzene rings is 2. The molecule has 2 aromatic rings. The van der Waals surface area contributed by atoms with Crippen molar-refractivity contribution in [2.45, 2.75) is 107 Å². The van der Waals surface area contributed by atoms with Crippen molar-refractivity contribution in [2.75, 3.05) is 5.32 Å². The highest BCUT2D eigenvalue weighted by molar-refractivity contribution is 5.70. The summed E-state index contributed by atoms with van der Waals surface area (Å²) < 4.78 is 0. The molecule has 0 fully saturated rings. The minimum Gasteiger partial charge on any atom is -0.366 e. The van der Waals surface area contributed by atoms with E-state index in [0.717, 1.165) is 30.6 Å². The Labute approximate surface area is 228 Å². The van der Waals surface area contributed by atoms with Gasteiger partial charge in [-0.15, -0.1) is 0 Å². The van der Waals surface area contributed by atoms with E-state index in [1.807, 2.05) is 0 Å². The highest BCUT2D eigenvalue weighted by Crippen LogP contribution is 2.29. The number of hydrogen-bond acceptors (Lipinski definition) is 2. The van der Waals surface area contributed by atoms with Gasteiger partial charge < -0.3 is 10.6 Å². The summed E-state index contributed by atoms with van der Waals surface area (Å²) in [5.74, 6) is 0. The van der Waals surface area contributed by atoms with Gasteiger partial charge in [-0.05, 0) is 103 Å². The minimum absolute atomic E-state index is 0.0647. The molecule has 0 bridgehead atoms. The first kappa shape index (κ1) is 30.5. The first-order valence-electron chi connectivity index (χ1n) is 14.3. The van der Waals surface area contributed by atoms with E-state index >= 15 is 0 Å². The fourth-order valence-corrected chi connectivity index (χ4v) is 5.10. The Hall–Kier alpha value is -2.74. The van der Waals surface area contributed by atoms with Gasteiger partial charge in [0.15, 0.2) is 0 Å². The third-order valence-corrected chi connectivity index (χ3v) is 7.18. The molecule has 2 nitrogen and oxygen atoms in total. The van der Waals surface area contributed by atoms with Crippen molar-refractivity contribution in [3.05, 3.63) is 94.7 Å². The van der Waals surface area contributed by atoms with Crippen LogP contribution < -0.4 is 10.6 Å². The van der Waals surface area contributed by atoms with Gasteiger partial charge in [0.1, 0.15) is 0 Å². The summed E-state index contributed by atoms with van der Waals surface area (Å²) >= 11 is 0. The van der Waals surface area contributed by atoms with Crippen LogP contribution in [-0.4, -0.2) is 6.17 Å². The zero-order valence-corrected chi connectivity index (χ0v) is 25.0. The standard InChI is InChI=1S/C35H52N2/c1-11-14-15-18-31-21-26(5)34(24-30(31)12-2)25(4)20-29-17-16-19-33(23-29)37-28(7)36-27(6)22-32(13-3)35(8,9)10/h16-17,19,21-24,28,36-37H,4,6,11-15,18,20H2,1-3,5,7-10H3/b32-22+. The number of nitrogens with one attached hydrogen (secondary N) is 2. The van der Waals surface area contributed by atoms with Crippen molar-refractivity contribution in [1.82, 2.24) is 5.32 Å². The Balaban J connectivity index is 2.08. The fourth-order valence-electron chi connectivity index (χ4n) is 5.10. The lowest BCUT2D eigenvalue weighted by Gasteiger charge is -2.24. The van der Waals surface area contributed by atoms with Gasteiger partial charge in [-0.1, -0.05) is 97.4 Å². The second-order valence-corrected chi connectivity index (χ2v) is 11.5. The molecule has 1 unspecified atom stereocenters. The van der Waals surface area contributed by atoms with Crippen molar-refractivity contribution >= 4 is 11.3 Å². The van der Waals surface area contributed by atoms with Gasteiger partial charge in [-0.2, -0.15) is 0 Å². The average molecular weight is 501 g/mol. The van der Waals surface area contributed by atoms with Crippen molar-refractivity contribution < 1.29 is 0 Å². The molecule has 0 aliphatic heterocycles. The molecule has 0 aliphatic rings. The molecular formula is C35H52N2. The molecule has 1 atom stereocenters. The second kappa shape index (κ2) is 14.3. The van der Waals surface area contributed by atoms with E-state index in [1.54, 1.807) is 0 Å². The summed E-state index contributed by atoms with van der Waals surface area (Å²) in [7, 11) is 0. The van der Waals surface area contributed by atoms with E-state index in [2.05, 4.69) is 122 Å². The van der Waals surface area contributed by atoms with E-state index in [-0.39, 0.29) is 11.6 Å². The Morgan fingerprint density at radius 1 is 1.00 bits per heavy atom. The van der Waals surface area contributed by atoms with Crippen LogP contribution >= 0.6 is 0 Å². The molecule has 0 radical (unpaired) electrons. The van der Waals surface area contributed by atoms with Gasteiger partial charge in [-0.25, -0.2) is 0 Å². The normalized spacial score (nSPS) is 12.8. The first-order chi connectivity index (χ1) is 17.5. The quantitative estimate of drug-likeness (QED) is 0.153. The summed E-state index contributed by atoms with van der Waals surface area (Å²) in [6, 6.07) is 13.5. The number of anilines is 1. The van der Waals surface area contributed by atoms with E-state index in [0.29, 0.717) is 0 Å². The minimum atomic E-state index is 0.0647. The zero-order chi connectivity index (χ0) is 27.6. The summed E-state index contributed by atoms with van der Waals surface area (Å²) in [6.45, 7) is 26.6. The van der Waals surface area contributed by atoms with Crippen LogP contribution in [0.15, 0.2) is 66.9 Å². The van der Waals surface area contributed by atoms with Gasteiger partial charge in [0.25, 0.3) is 0 Å². The highest BCUT2D eigenvalue weighted by Gasteiger charge is 2.16. The van der Waals surface area contributed by atoms with Gasteiger partial charge in [0, 0.05) is 11.4 Å².